The van der Waals surface area contributed by atoms with Crippen molar-refractivity contribution in [2.75, 3.05) is 6.61 Å². The highest BCUT2D eigenvalue weighted by Gasteiger charge is 2.03. The molecule has 1 N–H and O–H groups in total. The Morgan fingerprint density at radius 2 is 2.28 bits per heavy atom. The van der Waals surface area contributed by atoms with Crippen molar-refractivity contribution in [1.82, 2.24) is 9.97 Å². The van der Waals surface area contributed by atoms with Gasteiger partial charge >= 0.3 is 0 Å². The Bertz CT molecular complexity index is 619. The van der Waals surface area contributed by atoms with Crippen LogP contribution in [0.1, 0.15) is 18.4 Å². The maximum atomic E-state index is 11.3. The Hall–Kier alpha value is -2.17. The minimum atomic E-state index is -0.175. The van der Waals surface area contributed by atoms with Crippen molar-refractivity contribution < 1.29 is 9.53 Å². The number of aromatic nitrogens is 2. The first-order chi connectivity index (χ1) is 8.70. The number of aldehydes is 1. The van der Waals surface area contributed by atoms with Crippen molar-refractivity contribution in [3.63, 3.8) is 0 Å². The topological polar surface area (TPSA) is 72.1 Å². The average Bonchev–Trinajstić information content (AvgIpc) is 2.34. The van der Waals surface area contributed by atoms with Crippen molar-refractivity contribution in [2.45, 2.75) is 19.8 Å². The van der Waals surface area contributed by atoms with Crippen molar-refractivity contribution in [1.29, 1.82) is 0 Å². The lowest BCUT2D eigenvalue weighted by molar-refractivity contribution is -0.108. The fourth-order valence-electron chi connectivity index (χ4n) is 1.71. The van der Waals surface area contributed by atoms with E-state index in [0.717, 1.165) is 17.2 Å². The molecule has 0 aromatic carbocycles. The Balaban J connectivity index is 2.21. The molecule has 2 aromatic rings. The number of unbranched alkanes of at least 4 members (excludes halogenated alkanes) is 1. The molecule has 0 aliphatic carbocycles. The van der Waals surface area contributed by atoms with Crippen molar-refractivity contribution in [3.8, 4) is 5.88 Å². The molecular weight excluding hydrogens is 232 g/mol. The second-order valence-corrected chi connectivity index (χ2v) is 4.02. The molecule has 0 amide bonds. The molecule has 0 saturated carbocycles. The van der Waals surface area contributed by atoms with E-state index < -0.39 is 0 Å². The lowest BCUT2D eigenvalue weighted by Crippen LogP contribution is -2.07. The van der Waals surface area contributed by atoms with Gasteiger partial charge in [-0.3, -0.25) is 4.79 Å². The minimum absolute atomic E-state index is 0.175. The summed E-state index contributed by atoms with van der Waals surface area (Å²) >= 11 is 0. The fourth-order valence-corrected chi connectivity index (χ4v) is 1.71. The summed E-state index contributed by atoms with van der Waals surface area (Å²) in [5, 5.41) is 0.898. The first-order valence-corrected chi connectivity index (χ1v) is 5.78. The molecule has 2 aromatic heterocycles. The Kier molecular flexibility index (Phi) is 3.72. The second kappa shape index (κ2) is 5.44. The molecule has 0 saturated heterocycles. The van der Waals surface area contributed by atoms with E-state index in [2.05, 4.69) is 9.97 Å². The van der Waals surface area contributed by atoms with Gasteiger partial charge in [-0.2, -0.15) is 4.98 Å². The molecular formula is C13H14N2O3. The van der Waals surface area contributed by atoms with Crippen LogP contribution in [-0.4, -0.2) is 22.9 Å². The third-order valence-electron chi connectivity index (χ3n) is 2.60. The predicted octanol–water partition coefficient (Wildman–Crippen LogP) is 1.59. The van der Waals surface area contributed by atoms with Crippen LogP contribution in [0.15, 0.2) is 23.0 Å². The molecule has 0 radical (unpaired) electrons. The number of aromatic amines is 1. The lowest BCUT2D eigenvalue weighted by Gasteiger charge is -2.06. The summed E-state index contributed by atoms with van der Waals surface area (Å²) in [5.74, 6) is 0.453. The number of fused-ring (bicyclic) bond motifs is 1. The van der Waals surface area contributed by atoms with Crippen LogP contribution < -0.4 is 10.3 Å². The van der Waals surface area contributed by atoms with Crippen LogP contribution in [0.5, 0.6) is 5.88 Å². The summed E-state index contributed by atoms with van der Waals surface area (Å²) in [6.07, 6.45) is 2.00. The number of nitrogens with zero attached hydrogens (tertiary/aromatic N) is 1. The number of hydrogen-bond donors (Lipinski definition) is 1. The lowest BCUT2D eigenvalue weighted by atomic mass is 10.2. The largest absolute Gasteiger partial charge is 0.478 e. The van der Waals surface area contributed by atoms with Crippen LogP contribution in [0.3, 0.4) is 0 Å². The summed E-state index contributed by atoms with van der Waals surface area (Å²) in [4.78, 5) is 28.4. The molecule has 0 bridgehead atoms. The van der Waals surface area contributed by atoms with Gasteiger partial charge in [-0.25, -0.2) is 0 Å². The fraction of sp³-hybridized carbons (Fsp3) is 0.308. The number of rotatable bonds is 5. The highest BCUT2D eigenvalue weighted by atomic mass is 16.5. The number of ether oxygens (including phenoxy) is 1. The van der Waals surface area contributed by atoms with Gasteiger partial charge < -0.3 is 14.5 Å². The van der Waals surface area contributed by atoms with Crippen molar-refractivity contribution >= 4 is 17.3 Å². The Morgan fingerprint density at radius 1 is 1.44 bits per heavy atom. The molecule has 0 aliphatic rings. The third-order valence-corrected chi connectivity index (χ3v) is 2.60. The first-order valence-electron chi connectivity index (χ1n) is 5.78. The zero-order valence-electron chi connectivity index (χ0n) is 10.1. The number of carbonyl (C=O) groups is 1. The maximum absolute atomic E-state index is 11.3. The van der Waals surface area contributed by atoms with E-state index in [1.165, 1.54) is 6.07 Å². The van der Waals surface area contributed by atoms with E-state index in [4.69, 9.17) is 4.74 Å². The van der Waals surface area contributed by atoms with Gasteiger partial charge in [-0.05, 0) is 25.0 Å². The van der Waals surface area contributed by atoms with E-state index >= 15 is 0 Å². The number of H-pyrrole nitrogens is 1. The minimum Gasteiger partial charge on any atom is -0.478 e. The smallest absolute Gasteiger partial charge is 0.249 e. The molecule has 2 rings (SSSR count). The van der Waals surface area contributed by atoms with E-state index in [1.54, 1.807) is 6.07 Å². The molecule has 0 aliphatic heterocycles. The van der Waals surface area contributed by atoms with Crippen molar-refractivity contribution in [3.05, 3.63) is 34.1 Å². The normalized spacial score (nSPS) is 10.5. The van der Waals surface area contributed by atoms with Crippen LogP contribution >= 0.6 is 0 Å². The molecule has 94 valence electrons. The number of carbonyl (C=O) groups excluding carboxylic acids is 1. The predicted molar refractivity (Wildman–Crippen MR) is 67.9 cm³/mol. The monoisotopic (exact) mass is 246 g/mol. The average molecular weight is 246 g/mol. The summed E-state index contributed by atoms with van der Waals surface area (Å²) < 4.78 is 5.40. The zero-order chi connectivity index (χ0) is 13.0. The molecule has 0 unspecified atom stereocenters. The highest BCUT2D eigenvalue weighted by Crippen LogP contribution is 2.16. The number of nitrogens with one attached hydrogen (secondary N) is 1. The van der Waals surface area contributed by atoms with Crippen LogP contribution in [0.25, 0.3) is 11.0 Å². The second-order valence-electron chi connectivity index (χ2n) is 4.02. The van der Waals surface area contributed by atoms with Crippen LogP contribution in [-0.2, 0) is 4.79 Å². The molecule has 5 nitrogen and oxygen atoms in total. The standard InChI is InChI=1S/C13H14N2O3/c1-9-8-11(17)14-13-10(9)4-5-12(15-13)18-7-3-2-6-16/h4-6,8H,2-3,7H2,1H3,(H,14,15,17). The van der Waals surface area contributed by atoms with E-state index in [1.807, 2.05) is 13.0 Å². The van der Waals surface area contributed by atoms with Crippen LogP contribution in [0, 0.1) is 6.92 Å². The van der Waals surface area contributed by atoms with E-state index in [-0.39, 0.29) is 5.56 Å². The summed E-state index contributed by atoms with van der Waals surface area (Å²) in [6, 6.07) is 5.16. The Morgan fingerprint density at radius 3 is 3.06 bits per heavy atom. The van der Waals surface area contributed by atoms with Crippen LogP contribution in [0.2, 0.25) is 0 Å². The van der Waals surface area contributed by atoms with Crippen molar-refractivity contribution in [2.24, 2.45) is 0 Å². The van der Waals surface area contributed by atoms with E-state index in [0.29, 0.717) is 31.0 Å². The summed E-state index contributed by atoms with van der Waals surface area (Å²) in [6.45, 7) is 2.30. The first kappa shape index (κ1) is 12.3. The molecule has 5 heteroatoms. The maximum Gasteiger partial charge on any atom is 0.249 e. The van der Waals surface area contributed by atoms with Gasteiger partial charge in [0.1, 0.15) is 11.9 Å². The Labute approximate surface area is 104 Å². The quantitative estimate of drug-likeness (QED) is 0.642. The van der Waals surface area contributed by atoms with E-state index in [9.17, 15) is 9.59 Å². The summed E-state index contributed by atoms with van der Waals surface area (Å²) in [7, 11) is 0. The summed E-state index contributed by atoms with van der Waals surface area (Å²) in [5.41, 5.74) is 1.23. The van der Waals surface area contributed by atoms with Gasteiger partial charge in [-0.1, -0.05) is 0 Å². The number of pyridine rings is 2. The number of aryl methyl sites for hydroxylation is 1. The molecule has 18 heavy (non-hydrogen) atoms. The van der Waals surface area contributed by atoms with Gasteiger partial charge in [0.15, 0.2) is 0 Å². The van der Waals surface area contributed by atoms with Gasteiger partial charge in [0.05, 0.1) is 6.61 Å². The highest BCUT2D eigenvalue weighted by molar-refractivity contribution is 5.78. The molecule has 0 spiro atoms. The van der Waals surface area contributed by atoms with Gasteiger partial charge in [0, 0.05) is 23.9 Å². The SMILES string of the molecule is Cc1cc(=O)[nH]c2nc(OCCCC=O)ccc12. The van der Waals surface area contributed by atoms with Gasteiger partial charge in [0.25, 0.3) is 0 Å². The molecule has 2 heterocycles. The molecule has 0 fully saturated rings. The number of hydrogen-bond acceptors (Lipinski definition) is 4. The third kappa shape index (κ3) is 2.74. The molecule has 0 atom stereocenters. The van der Waals surface area contributed by atoms with Gasteiger partial charge in [0.2, 0.25) is 11.4 Å². The van der Waals surface area contributed by atoms with Crippen LogP contribution in [0.4, 0.5) is 0 Å². The van der Waals surface area contributed by atoms with Gasteiger partial charge in [-0.15, -0.1) is 0 Å². The zero-order valence-corrected chi connectivity index (χ0v) is 10.1.